The number of tetrazole rings is 1. The van der Waals surface area contributed by atoms with Crippen molar-refractivity contribution >= 4 is 5.82 Å². The van der Waals surface area contributed by atoms with Crippen molar-refractivity contribution in [3.8, 4) is 33.8 Å². The summed E-state index contributed by atoms with van der Waals surface area (Å²) in [5, 5.41) is 21.7. The van der Waals surface area contributed by atoms with Crippen molar-refractivity contribution in [3.63, 3.8) is 0 Å². The summed E-state index contributed by atoms with van der Waals surface area (Å²) in [6.45, 7) is 0. The quantitative estimate of drug-likeness (QED) is 0.416. The number of nitrogens with one attached hydrogen (secondary N) is 2. The summed E-state index contributed by atoms with van der Waals surface area (Å²) in [7, 11) is 0. The van der Waals surface area contributed by atoms with E-state index in [1.54, 1.807) is 0 Å². The van der Waals surface area contributed by atoms with Gasteiger partial charge in [0, 0.05) is 17.5 Å². The number of benzene rings is 3. The van der Waals surface area contributed by atoms with Gasteiger partial charge in [0.1, 0.15) is 5.82 Å². The summed E-state index contributed by atoms with van der Waals surface area (Å²) in [4.78, 5) is 0. The van der Waals surface area contributed by atoms with Crippen molar-refractivity contribution in [1.29, 1.82) is 0 Å². The van der Waals surface area contributed by atoms with Gasteiger partial charge in [-0.3, -0.25) is 5.10 Å². The first kappa shape index (κ1) is 17.8. The molecule has 0 spiro atoms. The number of anilines is 1. The van der Waals surface area contributed by atoms with Crippen molar-refractivity contribution in [3.05, 3.63) is 90.0 Å². The van der Waals surface area contributed by atoms with Crippen LogP contribution in [-0.4, -0.2) is 30.8 Å². The monoisotopic (exact) mass is 393 g/mol. The van der Waals surface area contributed by atoms with E-state index in [9.17, 15) is 0 Å². The van der Waals surface area contributed by atoms with Crippen LogP contribution in [0.4, 0.5) is 5.82 Å². The molecule has 0 aliphatic carbocycles. The van der Waals surface area contributed by atoms with Crippen LogP contribution < -0.4 is 5.73 Å². The maximum atomic E-state index is 6.16. The Bertz CT molecular complexity index is 1260. The Balaban J connectivity index is 1.45. The summed E-state index contributed by atoms with van der Waals surface area (Å²) in [5.74, 6) is 1.11. The van der Waals surface area contributed by atoms with Gasteiger partial charge in [0.05, 0.1) is 5.69 Å². The molecule has 30 heavy (non-hydrogen) atoms. The number of nitrogens with zero attached hydrogens (tertiary/aromatic N) is 4. The third kappa shape index (κ3) is 3.33. The molecule has 3 aromatic carbocycles. The molecule has 146 valence electrons. The van der Waals surface area contributed by atoms with Crippen LogP contribution in [0.25, 0.3) is 33.8 Å². The van der Waals surface area contributed by atoms with Crippen LogP contribution in [0.1, 0.15) is 11.1 Å². The Morgan fingerprint density at radius 1 is 0.733 bits per heavy atom. The normalized spacial score (nSPS) is 10.9. The highest BCUT2D eigenvalue weighted by Crippen LogP contribution is 2.31. The van der Waals surface area contributed by atoms with Gasteiger partial charge < -0.3 is 5.73 Å². The molecule has 0 amide bonds. The lowest BCUT2D eigenvalue weighted by Gasteiger charge is -2.09. The zero-order valence-electron chi connectivity index (χ0n) is 16.1. The van der Waals surface area contributed by atoms with E-state index in [-0.39, 0.29) is 0 Å². The van der Waals surface area contributed by atoms with Crippen molar-refractivity contribution in [2.45, 2.75) is 6.42 Å². The molecule has 0 aliphatic heterocycles. The zero-order valence-corrected chi connectivity index (χ0v) is 16.1. The number of aromatic amines is 2. The smallest absolute Gasteiger partial charge is 0.205 e. The highest BCUT2D eigenvalue weighted by atomic mass is 15.5. The SMILES string of the molecule is Nc1n[nH]c(-c2ccccc2)c1Cc1ccc(-c2ccccc2-c2nn[nH]n2)cc1. The van der Waals surface area contributed by atoms with Crippen LogP contribution >= 0.6 is 0 Å². The molecule has 5 aromatic rings. The van der Waals surface area contributed by atoms with Crippen LogP contribution in [-0.2, 0) is 6.42 Å². The molecule has 5 rings (SSSR count). The van der Waals surface area contributed by atoms with Crippen LogP contribution in [0.2, 0.25) is 0 Å². The Morgan fingerprint density at radius 2 is 1.47 bits per heavy atom. The average Bonchev–Trinajstić information content (AvgIpc) is 3.46. The molecule has 0 unspecified atom stereocenters. The lowest BCUT2D eigenvalue weighted by Crippen LogP contribution is -1.95. The van der Waals surface area contributed by atoms with E-state index < -0.39 is 0 Å². The van der Waals surface area contributed by atoms with E-state index in [4.69, 9.17) is 5.73 Å². The molecule has 2 aromatic heterocycles. The van der Waals surface area contributed by atoms with E-state index in [0.29, 0.717) is 18.1 Å². The van der Waals surface area contributed by atoms with Gasteiger partial charge in [0.15, 0.2) is 0 Å². The molecule has 2 heterocycles. The minimum Gasteiger partial charge on any atom is -0.382 e. The van der Waals surface area contributed by atoms with Gasteiger partial charge in [-0.1, -0.05) is 78.9 Å². The summed E-state index contributed by atoms with van der Waals surface area (Å²) >= 11 is 0. The molecule has 0 saturated carbocycles. The molecule has 7 nitrogen and oxygen atoms in total. The highest BCUT2D eigenvalue weighted by molar-refractivity contribution is 5.80. The molecular weight excluding hydrogens is 374 g/mol. The zero-order chi connectivity index (χ0) is 20.3. The second-order valence-corrected chi connectivity index (χ2v) is 6.98. The fourth-order valence-electron chi connectivity index (χ4n) is 3.61. The summed E-state index contributed by atoms with van der Waals surface area (Å²) in [6.07, 6.45) is 0.694. The number of rotatable bonds is 5. The molecule has 0 radical (unpaired) electrons. The van der Waals surface area contributed by atoms with Gasteiger partial charge >= 0.3 is 0 Å². The lowest BCUT2D eigenvalue weighted by atomic mass is 9.96. The van der Waals surface area contributed by atoms with Crippen LogP contribution in [0, 0.1) is 0 Å². The van der Waals surface area contributed by atoms with Gasteiger partial charge in [-0.05, 0) is 27.5 Å². The van der Waals surface area contributed by atoms with E-state index in [2.05, 4.69) is 73.3 Å². The Hall–Kier alpha value is -4.26. The van der Waals surface area contributed by atoms with Gasteiger partial charge in [0.25, 0.3) is 0 Å². The molecule has 0 aliphatic rings. The number of hydrogen-bond donors (Lipinski definition) is 3. The van der Waals surface area contributed by atoms with E-state index in [1.165, 1.54) is 0 Å². The molecule has 0 bridgehead atoms. The fourth-order valence-corrected chi connectivity index (χ4v) is 3.61. The first-order valence-corrected chi connectivity index (χ1v) is 9.60. The molecule has 0 fully saturated rings. The van der Waals surface area contributed by atoms with Gasteiger partial charge in [-0.15, -0.1) is 10.2 Å². The average molecular weight is 393 g/mol. The number of nitrogen functional groups attached to an aromatic ring is 1. The molecular formula is C23H19N7. The number of aromatic nitrogens is 6. The summed E-state index contributed by atoms with van der Waals surface area (Å²) in [6, 6.07) is 26.6. The topological polar surface area (TPSA) is 109 Å². The van der Waals surface area contributed by atoms with Crippen LogP contribution in [0.3, 0.4) is 0 Å². The second-order valence-electron chi connectivity index (χ2n) is 6.98. The van der Waals surface area contributed by atoms with Crippen molar-refractivity contribution in [2.24, 2.45) is 0 Å². The summed E-state index contributed by atoms with van der Waals surface area (Å²) < 4.78 is 0. The Kier molecular flexibility index (Phi) is 4.53. The van der Waals surface area contributed by atoms with E-state index in [1.807, 2.05) is 36.4 Å². The molecule has 0 atom stereocenters. The van der Waals surface area contributed by atoms with E-state index in [0.717, 1.165) is 39.1 Å². The van der Waals surface area contributed by atoms with E-state index >= 15 is 0 Å². The van der Waals surface area contributed by atoms with Gasteiger partial charge in [0.2, 0.25) is 5.82 Å². The van der Waals surface area contributed by atoms with Crippen molar-refractivity contribution in [1.82, 2.24) is 30.8 Å². The standard InChI is InChI=1S/C23H19N7/c24-22-20(21(25-26-22)17-6-2-1-3-7-17)14-15-10-12-16(13-11-15)18-8-4-5-9-19(18)23-27-29-30-28-23/h1-13H,14H2,(H3,24,25,26)(H,27,28,29,30). The predicted molar refractivity (Wildman–Crippen MR) is 116 cm³/mol. The minimum atomic E-state index is 0.528. The number of hydrogen-bond acceptors (Lipinski definition) is 5. The Morgan fingerprint density at radius 3 is 2.20 bits per heavy atom. The van der Waals surface area contributed by atoms with Crippen LogP contribution in [0.15, 0.2) is 78.9 Å². The second kappa shape index (κ2) is 7.63. The van der Waals surface area contributed by atoms with Crippen molar-refractivity contribution < 1.29 is 0 Å². The highest BCUT2D eigenvalue weighted by Gasteiger charge is 2.14. The minimum absolute atomic E-state index is 0.528. The molecule has 4 N–H and O–H groups in total. The van der Waals surface area contributed by atoms with Crippen LogP contribution in [0.5, 0.6) is 0 Å². The number of nitrogens with two attached hydrogens (primary N) is 1. The van der Waals surface area contributed by atoms with Gasteiger partial charge in [-0.2, -0.15) is 10.3 Å². The first-order valence-electron chi connectivity index (χ1n) is 9.60. The molecule has 0 saturated heterocycles. The predicted octanol–water partition coefficient (Wildman–Crippen LogP) is 4.10. The molecule has 7 heteroatoms. The third-order valence-electron chi connectivity index (χ3n) is 5.12. The largest absolute Gasteiger partial charge is 0.382 e. The van der Waals surface area contributed by atoms with Crippen molar-refractivity contribution in [2.75, 3.05) is 5.73 Å². The Labute approximate surface area is 173 Å². The maximum absolute atomic E-state index is 6.16. The van der Waals surface area contributed by atoms with Gasteiger partial charge in [-0.25, -0.2) is 0 Å². The first-order chi connectivity index (χ1) is 14.8. The number of H-pyrrole nitrogens is 2. The fraction of sp³-hybridized carbons (Fsp3) is 0.0435. The maximum Gasteiger partial charge on any atom is 0.205 e. The lowest BCUT2D eigenvalue weighted by molar-refractivity contribution is 0.881. The summed E-state index contributed by atoms with van der Waals surface area (Å²) in [5.41, 5.74) is 13.4. The third-order valence-corrected chi connectivity index (χ3v) is 5.12.